The lowest BCUT2D eigenvalue weighted by atomic mass is 9.86. The first kappa shape index (κ1) is 9.76. The van der Waals surface area contributed by atoms with Gasteiger partial charge in [0.2, 0.25) is 0 Å². The second-order valence-corrected chi connectivity index (χ2v) is 3.75. The lowest BCUT2D eigenvalue weighted by Crippen LogP contribution is -2.30. The standard InChI is InChI=1S/C6H12BIO3/c7-6-3(1-8)5(10)4(2-9)11-6/h3-6,9-10H,1-2,7H2/t3-,4-,5+,6-/m1/s1. The summed E-state index contributed by atoms with van der Waals surface area (Å²) in [7, 11) is 1.93. The Morgan fingerprint density at radius 2 is 2.18 bits per heavy atom. The average Bonchev–Trinajstić information content (AvgIpc) is 2.26. The molecule has 1 fully saturated rings. The fourth-order valence-electron chi connectivity index (χ4n) is 1.38. The first-order valence-corrected chi connectivity index (χ1v) is 5.23. The van der Waals surface area contributed by atoms with Gasteiger partial charge in [-0.2, -0.15) is 0 Å². The summed E-state index contributed by atoms with van der Waals surface area (Å²) in [5.74, 6) is 0.174. The van der Waals surface area contributed by atoms with Crippen molar-refractivity contribution in [1.82, 2.24) is 0 Å². The fourth-order valence-corrected chi connectivity index (χ4v) is 2.62. The Hall–Kier alpha value is 0.675. The molecule has 0 aliphatic carbocycles. The maximum atomic E-state index is 9.53. The molecular weight excluding hydrogens is 258 g/mol. The van der Waals surface area contributed by atoms with E-state index < -0.39 is 6.10 Å². The van der Waals surface area contributed by atoms with Gasteiger partial charge in [-0.1, -0.05) is 22.6 Å². The molecule has 3 nitrogen and oxygen atoms in total. The number of hydrogen-bond acceptors (Lipinski definition) is 3. The van der Waals surface area contributed by atoms with E-state index in [1.807, 2.05) is 7.85 Å². The Morgan fingerprint density at radius 3 is 2.45 bits per heavy atom. The van der Waals surface area contributed by atoms with Gasteiger partial charge >= 0.3 is 0 Å². The molecule has 0 aromatic rings. The third-order valence-corrected chi connectivity index (χ3v) is 3.19. The molecule has 1 rings (SSSR count). The maximum absolute atomic E-state index is 9.53. The van der Waals surface area contributed by atoms with Gasteiger partial charge in [-0.25, -0.2) is 0 Å². The lowest BCUT2D eigenvalue weighted by Gasteiger charge is -2.13. The summed E-state index contributed by atoms with van der Waals surface area (Å²) in [5, 5.41) is 18.3. The van der Waals surface area contributed by atoms with Crippen LogP contribution in [-0.4, -0.2) is 47.3 Å². The van der Waals surface area contributed by atoms with Gasteiger partial charge in [-0.3, -0.25) is 0 Å². The van der Waals surface area contributed by atoms with E-state index in [1.165, 1.54) is 0 Å². The molecule has 2 N–H and O–H groups in total. The third kappa shape index (κ3) is 1.88. The molecule has 0 amide bonds. The van der Waals surface area contributed by atoms with E-state index in [0.717, 1.165) is 4.43 Å². The predicted molar refractivity (Wildman–Crippen MR) is 52.7 cm³/mol. The molecule has 0 unspecified atom stereocenters. The van der Waals surface area contributed by atoms with Crippen LogP contribution in [-0.2, 0) is 4.74 Å². The van der Waals surface area contributed by atoms with Crippen molar-refractivity contribution in [3.8, 4) is 0 Å². The van der Waals surface area contributed by atoms with E-state index >= 15 is 0 Å². The zero-order chi connectivity index (χ0) is 8.43. The van der Waals surface area contributed by atoms with Crippen LogP contribution in [0.2, 0.25) is 0 Å². The van der Waals surface area contributed by atoms with Crippen LogP contribution in [0.25, 0.3) is 0 Å². The molecule has 0 aromatic heterocycles. The maximum Gasteiger partial charge on any atom is 0.139 e. The number of aliphatic hydroxyl groups is 2. The van der Waals surface area contributed by atoms with Crippen molar-refractivity contribution >= 4 is 30.4 Å². The zero-order valence-electron chi connectivity index (χ0n) is 6.40. The molecule has 1 saturated heterocycles. The summed E-state index contributed by atoms with van der Waals surface area (Å²) in [6, 6.07) is 0.0686. The number of hydrogen-bond donors (Lipinski definition) is 2. The summed E-state index contributed by atoms with van der Waals surface area (Å²) < 4.78 is 6.19. The van der Waals surface area contributed by atoms with E-state index in [0.29, 0.717) is 0 Å². The molecule has 0 aromatic carbocycles. The molecule has 5 heteroatoms. The highest BCUT2D eigenvalue weighted by Gasteiger charge is 2.39. The SMILES string of the molecule is B[C@@H]1O[C@H](CO)[C@@H](O)[C@H]1CI. The minimum absolute atomic E-state index is 0.0686. The van der Waals surface area contributed by atoms with Gasteiger partial charge < -0.3 is 14.9 Å². The molecule has 0 spiro atoms. The van der Waals surface area contributed by atoms with Gasteiger partial charge in [0.25, 0.3) is 0 Å². The van der Waals surface area contributed by atoms with E-state index in [-0.39, 0.29) is 24.6 Å². The second-order valence-electron chi connectivity index (χ2n) is 2.87. The van der Waals surface area contributed by atoms with Crippen LogP contribution in [0.3, 0.4) is 0 Å². The Morgan fingerprint density at radius 1 is 1.55 bits per heavy atom. The van der Waals surface area contributed by atoms with Crippen LogP contribution >= 0.6 is 22.6 Å². The topological polar surface area (TPSA) is 49.7 Å². The zero-order valence-corrected chi connectivity index (χ0v) is 8.56. The number of rotatable bonds is 2. The summed E-state index contributed by atoms with van der Waals surface area (Å²) in [6.07, 6.45) is -0.864. The minimum atomic E-state index is -0.494. The fraction of sp³-hybridized carbons (Fsp3) is 1.00. The van der Waals surface area contributed by atoms with Gasteiger partial charge in [0.1, 0.15) is 14.0 Å². The van der Waals surface area contributed by atoms with Gasteiger partial charge in [0.05, 0.1) is 12.7 Å². The van der Waals surface area contributed by atoms with Crippen molar-refractivity contribution < 1.29 is 14.9 Å². The number of aliphatic hydroxyl groups excluding tert-OH is 2. The van der Waals surface area contributed by atoms with Crippen LogP contribution in [0.4, 0.5) is 0 Å². The van der Waals surface area contributed by atoms with Gasteiger partial charge in [0, 0.05) is 16.3 Å². The summed E-state index contributed by atoms with van der Waals surface area (Å²) in [5.41, 5.74) is 0. The van der Waals surface area contributed by atoms with Crippen molar-refractivity contribution in [2.75, 3.05) is 11.0 Å². The van der Waals surface area contributed by atoms with Crippen molar-refractivity contribution in [2.45, 2.75) is 18.2 Å². The van der Waals surface area contributed by atoms with Crippen molar-refractivity contribution in [2.24, 2.45) is 5.92 Å². The Balaban J connectivity index is 2.55. The van der Waals surface area contributed by atoms with Crippen molar-refractivity contribution in [1.29, 1.82) is 0 Å². The number of ether oxygens (including phenoxy) is 1. The van der Waals surface area contributed by atoms with E-state index in [2.05, 4.69) is 22.6 Å². The average molecular weight is 270 g/mol. The monoisotopic (exact) mass is 270 g/mol. The van der Waals surface area contributed by atoms with E-state index in [1.54, 1.807) is 0 Å². The first-order chi connectivity index (χ1) is 5.20. The largest absolute Gasteiger partial charge is 0.394 e. The summed E-state index contributed by atoms with van der Waals surface area (Å²) >= 11 is 2.22. The number of alkyl halides is 1. The molecule has 0 radical (unpaired) electrons. The highest BCUT2D eigenvalue weighted by molar-refractivity contribution is 14.1. The molecule has 1 heterocycles. The van der Waals surface area contributed by atoms with Gasteiger partial charge in [0.15, 0.2) is 0 Å². The number of halogens is 1. The predicted octanol–water partition coefficient (Wildman–Crippen LogP) is -1.25. The Kier molecular flexibility index (Phi) is 3.61. The van der Waals surface area contributed by atoms with Crippen LogP contribution in [0.15, 0.2) is 0 Å². The molecule has 0 bridgehead atoms. The third-order valence-electron chi connectivity index (χ3n) is 2.17. The molecular formula is C6H12BIO3. The summed E-state index contributed by atoms with van der Waals surface area (Å²) in [4.78, 5) is 0. The van der Waals surface area contributed by atoms with Crippen LogP contribution in [0, 0.1) is 5.92 Å². The molecule has 64 valence electrons. The molecule has 1 aliphatic rings. The van der Waals surface area contributed by atoms with E-state index in [4.69, 9.17) is 9.84 Å². The van der Waals surface area contributed by atoms with Gasteiger partial charge in [-0.05, 0) is 0 Å². The van der Waals surface area contributed by atoms with E-state index in [9.17, 15) is 5.11 Å². The molecule has 11 heavy (non-hydrogen) atoms. The van der Waals surface area contributed by atoms with Crippen molar-refractivity contribution in [3.63, 3.8) is 0 Å². The lowest BCUT2D eigenvalue weighted by molar-refractivity contribution is -0.00482. The van der Waals surface area contributed by atoms with Crippen LogP contribution in [0.1, 0.15) is 0 Å². The molecule has 0 saturated carbocycles. The van der Waals surface area contributed by atoms with Crippen molar-refractivity contribution in [3.05, 3.63) is 0 Å². The van der Waals surface area contributed by atoms with Gasteiger partial charge in [-0.15, -0.1) is 0 Å². The highest BCUT2D eigenvalue weighted by atomic mass is 127. The Bertz CT molecular complexity index is 135. The quantitative estimate of drug-likeness (QED) is 0.374. The normalized spacial score (nSPS) is 44.6. The highest BCUT2D eigenvalue weighted by Crippen LogP contribution is 2.26. The van der Waals surface area contributed by atoms with Crippen LogP contribution in [0.5, 0.6) is 0 Å². The summed E-state index contributed by atoms with van der Waals surface area (Å²) in [6.45, 7) is -0.0847. The molecule has 4 atom stereocenters. The minimum Gasteiger partial charge on any atom is -0.394 e. The smallest absolute Gasteiger partial charge is 0.139 e. The second kappa shape index (κ2) is 4.07. The Labute approximate surface area is 80.7 Å². The molecule has 1 aliphatic heterocycles. The first-order valence-electron chi connectivity index (χ1n) is 3.71. The van der Waals surface area contributed by atoms with Crippen LogP contribution < -0.4 is 0 Å².